The number of nitrogens with one attached hydrogen (secondary N) is 1. The summed E-state index contributed by atoms with van der Waals surface area (Å²) in [7, 11) is 0. The fourth-order valence-corrected chi connectivity index (χ4v) is 2.66. The highest BCUT2D eigenvalue weighted by Gasteiger charge is 2.27. The van der Waals surface area contributed by atoms with E-state index in [1.165, 1.54) is 31.2 Å². The van der Waals surface area contributed by atoms with Crippen LogP contribution in [-0.2, 0) is 0 Å². The Labute approximate surface area is 116 Å². The second-order valence-corrected chi connectivity index (χ2v) is 6.05. The minimum Gasteiger partial charge on any atom is -0.310 e. The number of rotatable bonds is 7. The predicted octanol–water partition coefficient (Wildman–Crippen LogP) is 4.82. The smallest absolute Gasteiger partial charge is 0.0406 e. The van der Waals surface area contributed by atoms with E-state index in [1.807, 2.05) is 12.1 Å². The maximum Gasteiger partial charge on any atom is 0.0406 e. The van der Waals surface area contributed by atoms with Gasteiger partial charge >= 0.3 is 0 Å². The highest BCUT2D eigenvalue weighted by Crippen LogP contribution is 2.36. The topological polar surface area (TPSA) is 12.0 Å². The van der Waals surface area contributed by atoms with Gasteiger partial charge < -0.3 is 5.32 Å². The molecule has 0 aliphatic heterocycles. The van der Waals surface area contributed by atoms with E-state index in [9.17, 15) is 0 Å². The van der Waals surface area contributed by atoms with E-state index >= 15 is 0 Å². The molecular formula is C16H24ClN. The Morgan fingerprint density at radius 1 is 1.28 bits per heavy atom. The third-order valence-corrected chi connectivity index (χ3v) is 4.21. The predicted molar refractivity (Wildman–Crippen MR) is 79.0 cm³/mol. The largest absolute Gasteiger partial charge is 0.310 e. The lowest BCUT2D eigenvalue weighted by Gasteiger charge is -2.21. The lowest BCUT2D eigenvalue weighted by Crippen LogP contribution is -2.27. The molecule has 18 heavy (non-hydrogen) atoms. The fourth-order valence-electron chi connectivity index (χ4n) is 2.53. The second-order valence-electron chi connectivity index (χ2n) is 5.62. The summed E-state index contributed by atoms with van der Waals surface area (Å²) in [4.78, 5) is 0. The van der Waals surface area contributed by atoms with Crippen molar-refractivity contribution in [3.63, 3.8) is 0 Å². The molecule has 2 heteroatoms. The van der Waals surface area contributed by atoms with Crippen molar-refractivity contribution < 1.29 is 0 Å². The number of halogens is 1. The maximum absolute atomic E-state index is 5.95. The molecular weight excluding hydrogens is 242 g/mol. The molecule has 2 rings (SSSR count). The molecule has 1 aliphatic carbocycles. The van der Waals surface area contributed by atoms with Crippen molar-refractivity contribution in [3.05, 3.63) is 34.9 Å². The van der Waals surface area contributed by atoms with Crippen LogP contribution in [0, 0.1) is 11.8 Å². The van der Waals surface area contributed by atoms with Crippen molar-refractivity contribution in [2.24, 2.45) is 11.8 Å². The monoisotopic (exact) mass is 265 g/mol. The molecule has 1 aromatic rings. The molecule has 2 atom stereocenters. The van der Waals surface area contributed by atoms with E-state index in [0.29, 0.717) is 6.04 Å². The van der Waals surface area contributed by atoms with Gasteiger partial charge in [0.15, 0.2) is 0 Å². The summed E-state index contributed by atoms with van der Waals surface area (Å²) >= 11 is 5.95. The third kappa shape index (κ3) is 4.00. The van der Waals surface area contributed by atoms with Gasteiger partial charge in [-0.1, -0.05) is 44.0 Å². The van der Waals surface area contributed by atoms with E-state index in [0.717, 1.165) is 23.4 Å². The Morgan fingerprint density at radius 3 is 2.50 bits per heavy atom. The number of hydrogen-bond acceptors (Lipinski definition) is 1. The number of benzene rings is 1. The Kier molecular flexibility index (Phi) is 5.08. The molecule has 1 aliphatic rings. The molecule has 0 saturated heterocycles. The minimum absolute atomic E-state index is 0.480. The van der Waals surface area contributed by atoms with Crippen LogP contribution in [0.15, 0.2) is 24.3 Å². The van der Waals surface area contributed by atoms with Crippen LogP contribution >= 0.6 is 11.6 Å². The summed E-state index contributed by atoms with van der Waals surface area (Å²) in [5.41, 5.74) is 1.37. The minimum atomic E-state index is 0.480. The first-order valence-corrected chi connectivity index (χ1v) is 7.57. The van der Waals surface area contributed by atoms with Gasteiger partial charge in [0.1, 0.15) is 0 Å². The Morgan fingerprint density at radius 2 is 1.94 bits per heavy atom. The van der Waals surface area contributed by atoms with Crippen molar-refractivity contribution in [2.45, 2.75) is 45.6 Å². The number of hydrogen-bond donors (Lipinski definition) is 1. The van der Waals surface area contributed by atoms with E-state index in [4.69, 9.17) is 11.6 Å². The van der Waals surface area contributed by atoms with Crippen LogP contribution in [0.1, 0.15) is 51.1 Å². The van der Waals surface area contributed by atoms with E-state index in [2.05, 4.69) is 31.3 Å². The molecule has 0 spiro atoms. The van der Waals surface area contributed by atoms with Crippen molar-refractivity contribution in [2.75, 3.05) is 6.54 Å². The lowest BCUT2D eigenvalue weighted by molar-refractivity contribution is 0.405. The van der Waals surface area contributed by atoms with Crippen LogP contribution in [0.25, 0.3) is 0 Å². The standard InChI is InChI=1S/C16H24ClN/c1-3-4-16(14-7-9-15(17)10-8-14)18-11-12(2)13-5-6-13/h7-10,12-13,16,18H,3-6,11H2,1-2H3. The molecule has 0 radical (unpaired) electrons. The normalized spacial score (nSPS) is 18.6. The zero-order valence-electron chi connectivity index (χ0n) is 11.5. The van der Waals surface area contributed by atoms with Crippen molar-refractivity contribution in [1.82, 2.24) is 5.32 Å². The van der Waals surface area contributed by atoms with Crippen LogP contribution in [0.4, 0.5) is 0 Å². The SMILES string of the molecule is CCCC(NCC(C)C1CC1)c1ccc(Cl)cc1. The summed E-state index contributed by atoms with van der Waals surface area (Å²) in [6.45, 7) is 5.75. The Balaban J connectivity index is 1.91. The average molecular weight is 266 g/mol. The average Bonchev–Trinajstić information content (AvgIpc) is 3.19. The highest BCUT2D eigenvalue weighted by atomic mass is 35.5. The molecule has 1 saturated carbocycles. The van der Waals surface area contributed by atoms with Gasteiger partial charge in [0, 0.05) is 11.1 Å². The summed E-state index contributed by atoms with van der Waals surface area (Å²) in [6.07, 6.45) is 5.27. The van der Waals surface area contributed by atoms with Crippen LogP contribution in [0.5, 0.6) is 0 Å². The lowest BCUT2D eigenvalue weighted by atomic mass is 10.0. The molecule has 100 valence electrons. The molecule has 1 nitrogen and oxygen atoms in total. The molecule has 0 aromatic heterocycles. The molecule has 1 aromatic carbocycles. The van der Waals surface area contributed by atoms with E-state index in [1.54, 1.807) is 0 Å². The van der Waals surface area contributed by atoms with Crippen LogP contribution in [-0.4, -0.2) is 6.54 Å². The van der Waals surface area contributed by atoms with E-state index in [-0.39, 0.29) is 0 Å². The fraction of sp³-hybridized carbons (Fsp3) is 0.625. The second kappa shape index (κ2) is 6.58. The summed E-state index contributed by atoms with van der Waals surface area (Å²) in [5, 5.41) is 4.55. The zero-order valence-corrected chi connectivity index (χ0v) is 12.2. The molecule has 0 heterocycles. The molecule has 0 amide bonds. The maximum atomic E-state index is 5.95. The van der Waals surface area contributed by atoms with Gasteiger partial charge in [-0.3, -0.25) is 0 Å². The molecule has 1 N–H and O–H groups in total. The first-order valence-electron chi connectivity index (χ1n) is 7.19. The van der Waals surface area contributed by atoms with Gasteiger partial charge in [0.25, 0.3) is 0 Å². The summed E-state index contributed by atoms with van der Waals surface area (Å²) < 4.78 is 0. The first kappa shape index (κ1) is 13.9. The van der Waals surface area contributed by atoms with Crippen LogP contribution < -0.4 is 5.32 Å². The van der Waals surface area contributed by atoms with Gasteiger partial charge in [0.2, 0.25) is 0 Å². The summed E-state index contributed by atoms with van der Waals surface area (Å²) in [6, 6.07) is 8.76. The van der Waals surface area contributed by atoms with Crippen molar-refractivity contribution in [3.8, 4) is 0 Å². The van der Waals surface area contributed by atoms with Crippen LogP contribution in [0.2, 0.25) is 5.02 Å². The van der Waals surface area contributed by atoms with Gasteiger partial charge in [-0.25, -0.2) is 0 Å². The van der Waals surface area contributed by atoms with Crippen molar-refractivity contribution in [1.29, 1.82) is 0 Å². The highest BCUT2D eigenvalue weighted by molar-refractivity contribution is 6.30. The zero-order chi connectivity index (χ0) is 13.0. The van der Waals surface area contributed by atoms with E-state index < -0.39 is 0 Å². The van der Waals surface area contributed by atoms with Gasteiger partial charge in [-0.05, 0) is 55.3 Å². The third-order valence-electron chi connectivity index (χ3n) is 3.96. The van der Waals surface area contributed by atoms with Gasteiger partial charge in [0.05, 0.1) is 0 Å². The molecule has 2 unspecified atom stereocenters. The molecule has 1 fully saturated rings. The van der Waals surface area contributed by atoms with Crippen LogP contribution in [0.3, 0.4) is 0 Å². The summed E-state index contributed by atoms with van der Waals surface area (Å²) in [5.74, 6) is 1.79. The van der Waals surface area contributed by atoms with Gasteiger partial charge in [-0.2, -0.15) is 0 Å². The Hall–Kier alpha value is -0.530. The first-order chi connectivity index (χ1) is 8.70. The Bertz CT molecular complexity index is 356. The van der Waals surface area contributed by atoms with Gasteiger partial charge in [-0.15, -0.1) is 0 Å². The quantitative estimate of drug-likeness (QED) is 0.746. The molecule has 0 bridgehead atoms. The van der Waals surface area contributed by atoms with Crippen molar-refractivity contribution >= 4 is 11.6 Å².